The van der Waals surface area contributed by atoms with Gasteiger partial charge < -0.3 is 104 Å². The van der Waals surface area contributed by atoms with E-state index in [9.17, 15) is 43.8 Å². The lowest BCUT2D eigenvalue weighted by molar-refractivity contribution is -0.159. The summed E-state index contributed by atoms with van der Waals surface area (Å²) in [5, 5.41) is 30.9. The minimum Gasteiger partial charge on any atom is -0.446 e. The number of hydrogen-bond donors (Lipinski definition) is 6. The summed E-state index contributed by atoms with van der Waals surface area (Å²) in [5.74, 6) is -2.43. The van der Waals surface area contributed by atoms with E-state index in [0.29, 0.717) is 209 Å². The van der Waals surface area contributed by atoms with Gasteiger partial charge in [0, 0.05) is 94.6 Å². The van der Waals surface area contributed by atoms with E-state index in [1.165, 1.54) is 11.9 Å². The Morgan fingerprint density at radius 3 is 2.11 bits per heavy atom. The maximum Gasteiger partial charge on any atom is 0.407 e. The molecule has 9 N–H and O–H groups in total. The molecule has 708 valence electrons. The summed E-state index contributed by atoms with van der Waals surface area (Å²) in [6.07, 6.45) is 19.0. The van der Waals surface area contributed by atoms with Crippen molar-refractivity contribution in [2.45, 2.75) is 237 Å². The molecule has 1 aliphatic carbocycles. The van der Waals surface area contributed by atoms with Crippen LogP contribution < -0.4 is 22.5 Å². The molecule has 5 aromatic rings. The number of piperidine rings is 3. The fourth-order valence-electron chi connectivity index (χ4n) is 19.0. The Bertz CT molecular complexity index is 4610. The van der Waals surface area contributed by atoms with Crippen molar-refractivity contribution < 1.29 is 95.6 Å². The summed E-state index contributed by atoms with van der Waals surface area (Å²) in [5.41, 5.74) is 27.3. The van der Waals surface area contributed by atoms with Crippen molar-refractivity contribution in [2.24, 2.45) is 35.3 Å². The Labute approximate surface area is 757 Å². The second-order valence-corrected chi connectivity index (χ2v) is 36.0. The number of allylic oxidation sites excluding steroid dienone is 6. The van der Waals surface area contributed by atoms with Gasteiger partial charge in [-0.3, -0.25) is 28.8 Å². The molecule has 6 aliphatic heterocycles. The molecule has 0 spiro atoms. The van der Waals surface area contributed by atoms with Gasteiger partial charge in [-0.1, -0.05) is 75.4 Å². The summed E-state index contributed by atoms with van der Waals surface area (Å²) in [4.78, 5) is 117. The zero-order chi connectivity index (χ0) is 91.3. The van der Waals surface area contributed by atoms with Gasteiger partial charge in [-0.15, -0.1) is 0 Å². The van der Waals surface area contributed by atoms with E-state index in [4.69, 9.17) is 74.1 Å². The number of ether oxygens (including phenoxy) is 10. The van der Waals surface area contributed by atoms with Gasteiger partial charge in [0.15, 0.2) is 17.0 Å². The molecule has 1 saturated carbocycles. The fraction of sp³-hybridized carbons (Fsp3) is 0.656. The third-order valence-corrected chi connectivity index (χ3v) is 26.6. The van der Waals surface area contributed by atoms with Crippen LogP contribution in [0.4, 0.5) is 16.6 Å². The molecule has 33 nitrogen and oxygen atoms in total. The van der Waals surface area contributed by atoms with Crippen LogP contribution in [0, 0.1) is 29.6 Å². The Balaban J connectivity index is 0.460. The van der Waals surface area contributed by atoms with Gasteiger partial charge in [0.2, 0.25) is 17.6 Å². The molecule has 2 bridgehead atoms. The van der Waals surface area contributed by atoms with Crippen molar-refractivity contribution in [1.29, 1.82) is 0 Å². The quantitative estimate of drug-likeness (QED) is 0.0137. The second-order valence-electron chi connectivity index (χ2n) is 36.0. The Morgan fingerprint density at radius 1 is 0.690 bits per heavy atom. The molecule has 2 aromatic carbocycles. The summed E-state index contributed by atoms with van der Waals surface area (Å²) in [7, 11) is 1.64. The summed E-state index contributed by atoms with van der Waals surface area (Å²) >= 11 is 0. The number of anilines is 2. The standard InChI is InChI=1S/C96H139N13O20/c1-62-13-8-7-9-14-63(2)82(119-6)56-76-16-12-17-81(127-76)89(114)94(117)108-33-11-10-15-74(108)60-126-83(57-79(110)64(3)52-66(5)88(113)90(115)87(112)65(4)51-62)77(97)54-67-19-23-75(24-20-67)128-96(118)100-32-40-121-42-44-123-46-48-125-50-49-124-47-45-122-43-41-120-39-31-84(111)106-37-29-73(30-38-106)105-34-26-69(27-35-105)93(116)107-36-28-70-53-68(18-21-72(70)59-107)58-109-92-85(91(98)101-61-102-92)86(104-109)71-22-25-80-78(55-71)103-95(99)129-80/h7-9,13-14,18,21-22,25,52-53,55,61-62,64-65,67,69,73-77,81-83,88,90,113,115H,10-12,15-17,19-20,23-24,26-51,54,56-60,97H2,1-6H3,(H2,99,103)(H,100,118)(H2,98,101,102)/b9-7?,13-8+,63-14?,66-52+/t62-,64-,65-,67?,74+,75?,76+,77-,81?,82+,83+,88-,90+/m1/s1. The molecule has 129 heavy (non-hydrogen) atoms. The molecule has 4 saturated heterocycles. The number of oxazole rings is 1. The first-order valence-electron chi connectivity index (χ1n) is 46.9. The number of likely N-dealkylation sites (tertiary alicyclic amines) is 2. The number of nitrogens with two attached hydrogens (primary N) is 3. The van der Waals surface area contributed by atoms with Gasteiger partial charge >= 0.3 is 6.09 Å². The molecular weight excluding hydrogens is 1660 g/mol. The number of carbonyl (C=O) groups is 7. The lowest BCUT2D eigenvalue weighted by Crippen LogP contribution is -2.53. The maximum atomic E-state index is 14.3. The van der Waals surface area contributed by atoms with Gasteiger partial charge in [-0.25, -0.2) is 19.4 Å². The highest BCUT2D eigenvalue weighted by Crippen LogP contribution is 2.37. The molecule has 11 atom stereocenters. The average molecular weight is 1800 g/mol. The molecule has 1 unspecified atom stereocenters. The van der Waals surface area contributed by atoms with Crippen molar-refractivity contribution >= 4 is 75.1 Å². The molecule has 9 heterocycles. The van der Waals surface area contributed by atoms with Crippen molar-refractivity contribution in [1.82, 2.24) is 49.6 Å². The average Bonchev–Trinajstić information content (AvgIpc) is 1.61. The first-order chi connectivity index (χ1) is 62.4. The highest BCUT2D eigenvalue weighted by Gasteiger charge is 2.41. The third kappa shape index (κ3) is 28.9. The number of aliphatic hydroxyl groups is 2. The number of amides is 4. The van der Waals surface area contributed by atoms with Crippen LogP contribution >= 0.6 is 0 Å². The van der Waals surface area contributed by atoms with Gasteiger partial charge in [-0.05, 0) is 194 Å². The van der Waals surface area contributed by atoms with Crippen LogP contribution in [0.15, 0.2) is 94.7 Å². The topological polar surface area (TPSA) is 425 Å². The number of alkyl carbamates (subject to hydrolysis) is 1. The van der Waals surface area contributed by atoms with E-state index < -0.39 is 71.9 Å². The molecule has 12 rings (SSSR count). The van der Waals surface area contributed by atoms with Crippen molar-refractivity contribution in [3.8, 4) is 11.3 Å². The number of benzene rings is 2. The first-order valence-corrected chi connectivity index (χ1v) is 46.9. The zero-order valence-electron chi connectivity index (χ0n) is 76.4. The molecular formula is C96H139N13O20. The number of aromatic nitrogens is 5. The van der Waals surface area contributed by atoms with Crippen LogP contribution in [0.2, 0.25) is 0 Å². The number of hydrogen-bond acceptors (Lipinski definition) is 28. The molecule has 33 heteroatoms. The predicted molar refractivity (Wildman–Crippen MR) is 485 cm³/mol. The van der Waals surface area contributed by atoms with E-state index in [1.54, 1.807) is 38.9 Å². The lowest BCUT2D eigenvalue weighted by Gasteiger charge is -2.42. The molecule has 3 aromatic heterocycles. The van der Waals surface area contributed by atoms with Crippen molar-refractivity contribution in [3.05, 3.63) is 107 Å². The van der Waals surface area contributed by atoms with Gasteiger partial charge in [0.25, 0.3) is 11.9 Å². The third-order valence-electron chi connectivity index (χ3n) is 26.6. The number of rotatable bonds is 31. The second kappa shape index (κ2) is 50.2. The summed E-state index contributed by atoms with van der Waals surface area (Å²) in [6.45, 7) is 19.0. The number of methoxy groups -OCH3 is 1. The van der Waals surface area contributed by atoms with Crippen LogP contribution in [0.25, 0.3) is 33.4 Å². The number of aliphatic hydroxyl groups excluding tert-OH is 2. The van der Waals surface area contributed by atoms with Crippen LogP contribution in [0.5, 0.6) is 0 Å². The number of nitrogens with zero attached hydrogens (tertiary/aromatic N) is 9. The van der Waals surface area contributed by atoms with E-state index >= 15 is 0 Å². The lowest BCUT2D eigenvalue weighted by atomic mass is 9.81. The summed E-state index contributed by atoms with van der Waals surface area (Å²) < 4.78 is 66.1. The Hall–Kier alpha value is -8.81. The summed E-state index contributed by atoms with van der Waals surface area (Å²) in [6, 6.07) is 11.5. The zero-order valence-corrected chi connectivity index (χ0v) is 76.4. The Morgan fingerprint density at radius 2 is 1.40 bits per heavy atom. The number of nitrogens with one attached hydrogen (secondary N) is 1. The normalized spacial score (nSPS) is 26.3. The minimum atomic E-state index is -1.70. The Kier molecular flexibility index (Phi) is 38.6. The molecule has 0 radical (unpaired) electrons. The maximum absolute atomic E-state index is 14.3. The van der Waals surface area contributed by atoms with Crippen LogP contribution in [0.3, 0.4) is 0 Å². The monoisotopic (exact) mass is 1790 g/mol. The number of Topliss-reactive ketones (excluding diaryl/α,β-unsaturated/α-hetero) is 3. The fourth-order valence-corrected chi connectivity index (χ4v) is 19.0. The number of ketones is 3. The highest BCUT2D eigenvalue weighted by atomic mass is 16.6. The minimum absolute atomic E-state index is 0.00108. The molecule has 4 amide bonds. The molecule has 7 aliphatic rings. The molecule has 5 fully saturated rings. The van der Waals surface area contributed by atoms with E-state index in [2.05, 4.69) is 43.4 Å². The van der Waals surface area contributed by atoms with E-state index in [1.807, 2.05) is 76.9 Å². The number of nitrogen functional groups attached to an aromatic ring is 2. The van der Waals surface area contributed by atoms with E-state index in [-0.39, 0.29) is 91.4 Å². The number of fused-ring (bicyclic) bond motifs is 6. The van der Waals surface area contributed by atoms with Gasteiger partial charge in [0.05, 0.1) is 129 Å². The first kappa shape index (κ1) is 99.2. The smallest absolute Gasteiger partial charge is 0.407 e. The largest absolute Gasteiger partial charge is 0.446 e. The highest BCUT2D eigenvalue weighted by molar-refractivity contribution is 6.38. The van der Waals surface area contributed by atoms with Gasteiger partial charge in [-0.2, -0.15) is 10.1 Å². The van der Waals surface area contributed by atoms with Gasteiger partial charge in [0.1, 0.15) is 53.6 Å². The van der Waals surface area contributed by atoms with Crippen molar-refractivity contribution in [3.63, 3.8) is 0 Å². The van der Waals surface area contributed by atoms with E-state index in [0.717, 1.165) is 99.6 Å². The number of carbonyl (C=O) groups excluding carboxylic acids is 7. The van der Waals surface area contributed by atoms with Crippen LogP contribution in [-0.4, -0.2) is 295 Å². The van der Waals surface area contributed by atoms with Crippen LogP contribution in [0.1, 0.15) is 173 Å². The SMILES string of the molecule is CO[C@H]1C[C@@H]2CCCC(O2)C(=O)C(=O)N2CCCC[C@H]2CO[C@H]([C@H](N)CC2CCC(OC(=O)NCCOCCOCCOCCOCCOCCOCCC(=O)N3CCC(N4CCC(C(=O)N5CCc6cc(Cn7nc(-c8ccc9oc(N)nc9c8)c8c(N)ncnc87)ccc6C5)CC4)CC3)CC2)CC(=O)[C@H](C)/C=C(\C)[C@@H](O)[C@@H](O)C(=O)[C@H](C)C[C@H](C)/C=C/C=CC=C1C. The van der Waals surface area contributed by atoms with Crippen LogP contribution in [-0.2, 0) is 95.6 Å². The van der Waals surface area contributed by atoms with Crippen molar-refractivity contribution in [2.75, 3.05) is 150 Å². The predicted octanol–water partition coefficient (Wildman–Crippen LogP) is 9.17.